The third-order valence-electron chi connectivity index (χ3n) is 6.53. The van der Waals surface area contributed by atoms with Crippen molar-refractivity contribution in [3.05, 3.63) is 77.7 Å². The smallest absolute Gasteiger partial charge is 0.416 e. The van der Waals surface area contributed by atoms with Gasteiger partial charge in [-0.05, 0) is 37.3 Å². The minimum atomic E-state index is -4.45. The van der Waals surface area contributed by atoms with Crippen molar-refractivity contribution in [2.45, 2.75) is 19.6 Å². The van der Waals surface area contributed by atoms with Crippen LogP contribution in [-0.2, 0) is 17.5 Å². The highest BCUT2D eigenvalue weighted by Gasteiger charge is 2.31. The van der Waals surface area contributed by atoms with Gasteiger partial charge in [0.25, 0.3) is 0 Å². The lowest BCUT2D eigenvalue weighted by atomic mass is 10.1. The molecule has 1 aromatic heterocycles. The molecule has 4 aromatic rings. The van der Waals surface area contributed by atoms with Gasteiger partial charge in [-0.25, -0.2) is 4.98 Å². The van der Waals surface area contributed by atoms with Crippen molar-refractivity contribution in [2.75, 3.05) is 50.7 Å². The first kappa shape index (κ1) is 27.5. The number of anilines is 2. The van der Waals surface area contributed by atoms with Gasteiger partial charge >= 0.3 is 6.18 Å². The van der Waals surface area contributed by atoms with Gasteiger partial charge in [-0.2, -0.15) is 18.2 Å². The van der Waals surface area contributed by atoms with Crippen molar-refractivity contribution >= 4 is 22.1 Å². The second-order valence-electron chi connectivity index (χ2n) is 9.35. The summed E-state index contributed by atoms with van der Waals surface area (Å²) in [7, 11) is 1.41. The lowest BCUT2D eigenvalue weighted by Crippen LogP contribution is -2.36. The summed E-state index contributed by atoms with van der Waals surface area (Å²) in [5.74, 6) is 2.09. The Morgan fingerprint density at radius 2 is 1.62 bits per heavy atom. The van der Waals surface area contributed by atoms with Crippen LogP contribution in [0.2, 0.25) is 0 Å². The standard InChI is InChI=1S/C29H30F3N5O3/c1-19-15-28(36-27(35-19)17-37-11-13-39-14-12-37)40-25-10-8-23(21-5-3-4-6-22(21)25)33-18-34-24-16-20(29(30,31)32)7-9-26(24)38-2/h3-10,15-16,33-34H,11-14,17-18H2,1-2H3. The number of methoxy groups -OCH3 is 1. The largest absolute Gasteiger partial charge is 0.495 e. The zero-order chi connectivity index (χ0) is 28.1. The van der Waals surface area contributed by atoms with E-state index in [-0.39, 0.29) is 12.4 Å². The Bertz CT molecular complexity index is 1480. The summed E-state index contributed by atoms with van der Waals surface area (Å²) in [5.41, 5.74) is 1.08. The second-order valence-corrected chi connectivity index (χ2v) is 9.35. The summed E-state index contributed by atoms with van der Waals surface area (Å²) in [6.45, 7) is 5.76. The van der Waals surface area contributed by atoms with Gasteiger partial charge in [-0.3, -0.25) is 4.90 Å². The van der Waals surface area contributed by atoms with Gasteiger partial charge < -0.3 is 24.8 Å². The third kappa shape index (κ3) is 6.54. The van der Waals surface area contributed by atoms with E-state index in [1.54, 1.807) is 6.07 Å². The molecule has 1 aliphatic rings. The Labute approximate surface area is 230 Å². The summed E-state index contributed by atoms with van der Waals surface area (Å²) in [6, 6.07) is 16.6. The van der Waals surface area contributed by atoms with Crippen LogP contribution in [0.25, 0.3) is 10.8 Å². The van der Waals surface area contributed by atoms with E-state index < -0.39 is 11.7 Å². The fourth-order valence-corrected chi connectivity index (χ4v) is 4.57. The minimum Gasteiger partial charge on any atom is -0.495 e. The summed E-state index contributed by atoms with van der Waals surface area (Å²) in [4.78, 5) is 11.5. The van der Waals surface area contributed by atoms with E-state index in [1.165, 1.54) is 13.2 Å². The molecule has 0 aliphatic carbocycles. The van der Waals surface area contributed by atoms with Gasteiger partial charge in [0.05, 0.1) is 44.8 Å². The van der Waals surface area contributed by atoms with Crippen LogP contribution in [0.3, 0.4) is 0 Å². The highest BCUT2D eigenvalue weighted by Crippen LogP contribution is 2.36. The van der Waals surface area contributed by atoms with Crippen molar-refractivity contribution < 1.29 is 27.4 Å². The molecule has 2 heterocycles. The molecule has 3 aromatic carbocycles. The summed E-state index contributed by atoms with van der Waals surface area (Å²) in [6.07, 6.45) is -4.45. The molecule has 11 heteroatoms. The molecular weight excluding hydrogens is 523 g/mol. The number of nitrogens with one attached hydrogen (secondary N) is 2. The van der Waals surface area contributed by atoms with Crippen LogP contribution in [-0.4, -0.2) is 54.9 Å². The van der Waals surface area contributed by atoms with E-state index in [4.69, 9.17) is 14.2 Å². The SMILES string of the molecule is COc1ccc(C(F)(F)F)cc1NCNc1ccc(Oc2cc(C)nc(CN3CCOCC3)n2)c2ccccc12. The molecule has 0 spiro atoms. The van der Waals surface area contributed by atoms with Crippen LogP contribution in [0.4, 0.5) is 24.5 Å². The number of aryl methyl sites for hydroxylation is 1. The maximum absolute atomic E-state index is 13.2. The summed E-state index contributed by atoms with van der Waals surface area (Å²) < 4.78 is 56.5. The normalized spacial score (nSPS) is 14.2. The molecule has 1 saturated heterocycles. The summed E-state index contributed by atoms with van der Waals surface area (Å²) >= 11 is 0. The molecule has 0 atom stereocenters. The molecule has 0 saturated carbocycles. The van der Waals surface area contributed by atoms with Crippen molar-refractivity contribution in [3.8, 4) is 17.4 Å². The number of hydrogen-bond acceptors (Lipinski definition) is 8. The van der Waals surface area contributed by atoms with Crippen LogP contribution < -0.4 is 20.1 Å². The number of fused-ring (bicyclic) bond motifs is 1. The third-order valence-corrected chi connectivity index (χ3v) is 6.53. The molecule has 0 radical (unpaired) electrons. The Hall–Kier alpha value is -4.09. The number of ether oxygens (including phenoxy) is 3. The molecule has 0 amide bonds. The van der Waals surface area contributed by atoms with Gasteiger partial charge in [0.15, 0.2) is 0 Å². The molecule has 5 rings (SSSR count). The number of aromatic nitrogens is 2. The van der Waals surface area contributed by atoms with E-state index in [0.29, 0.717) is 43.0 Å². The number of nitrogens with zero attached hydrogens (tertiary/aromatic N) is 3. The highest BCUT2D eigenvalue weighted by atomic mass is 19.4. The lowest BCUT2D eigenvalue weighted by molar-refractivity contribution is -0.137. The molecule has 1 aliphatic heterocycles. The number of rotatable bonds is 9. The summed E-state index contributed by atoms with van der Waals surface area (Å²) in [5, 5.41) is 7.99. The predicted octanol–water partition coefficient (Wildman–Crippen LogP) is 6.07. The fourth-order valence-electron chi connectivity index (χ4n) is 4.57. The molecule has 1 fully saturated rings. The quantitative estimate of drug-likeness (QED) is 0.242. The predicted molar refractivity (Wildman–Crippen MR) is 147 cm³/mol. The number of alkyl halides is 3. The van der Waals surface area contributed by atoms with Crippen molar-refractivity contribution in [1.82, 2.24) is 14.9 Å². The topological polar surface area (TPSA) is 80.8 Å². The molecule has 8 nitrogen and oxygen atoms in total. The monoisotopic (exact) mass is 553 g/mol. The molecular formula is C29H30F3N5O3. The number of morpholine rings is 1. The molecule has 210 valence electrons. The van der Waals surface area contributed by atoms with Crippen molar-refractivity contribution in [3.63, 3.8) is 0 Å². The maximum Gasteiger partial charge on any atom is 0.416 e. The van der Waals surface area contributed by atoms with E-state index in [2.05, 4.69) is 25.5 Å². The van der Waals surface area contributed by atoms with Gasteiger partial charge in [-0.1, -0.05) is 24.3 Å². The molecule has 0 bridgehead atoms. The maximum atomic E-state index is 13.2. The van der Waals surface area contributed by atoms with E-state index in [0.717, 1.165) is 47.4 Å². The number of benzene rings is 3. The van der Waals surface area contributed by atoms with E-state index in [1.807, 2.05) is 43.3 Å². The van der Waals surface area contributed by atoms with Crippen LogP contribution >= 0.6 is 0 Å². The molecule has 40 heavy (non-hydrogen) atoms. The Morgan fingerprint density at radius 3 is 2.38 bits per heavy atom. The highest BCUT2D eigenvalue weighted by molar-refractivity contribution is 5.98. The zero-order valence-corrected chi connectivity index (χ0v) is 22.2. The lowest BCUT2D eigenvalue weighted by Gasteiger charge is -2.25. The van der Waals surface area contributed by atoms with Crippen LogP contribution in [0.1, 0.15) is 17.1 Å². The van der Waals surface area contributed by atoms with Crippen LogP contribution in [0.15, 0.2) is 60.7 Å². The zero-order valence-electron chi connectivity index (χ0n) is 22.2. The van der Waals surface area contributed by atoms with E-state index >= 15 is 0 Å². The average Bonchev–Trinajstić information content (AvgIpc) is 2.94. The van der Waals surface area contributed by atoms with Crippen LogP contribution in [0, 0.1) is 6.92 Å². The van der Waals surface area contributed by atoms with Gasteiger partial charge in [0.2, 0.25) is 5.88 Å². The molecule has 2 N–H and O–H groups in total. The molecule has 0 unspecified atom stereocenters. The minimum absolute atomic E-state index is 0.165. The second kappa shape index (κ2) is 12.0. The van der Waals surface area contributed by atoms with E-state index in [9.17, 15) is 13.2 Å². The number of hydrogen-bond donors (Lipinski definition) is 2. The Morgan fingerprint density at radius 1 is 0.900 bits per heavy atom. The van der Waals surface area contributed by atoms with Crippen molar-refractivity contribution in [2.24, 2.45) is 0 Å². The van der Waals surface area contributed by atoms with Crippen LogP contribution in [0.5, 0.6) is 17.4 Å². The van der Waals surface area contributed by atoms with Gasteiger partial charge in [0.1, 0.15) is 17.3 Å². The van der Waals surface area contributed by atoms with Gasteiger partial charge in [0, 0.05) is 41.3 Å². The first-order chi connectivity index (χ1) is 19.3. The Balaban J connectivity index is 1.32. The first-order valence-corrected chi connectivity index (χ1v) is 12.9. The van der Waals surface area contributed by atoms with Gasteiger partial charge in [-0.15, -0.1) is 0 Å². The number of halogens is 3. The Kier molecular flexibility index (Phi) is 8.22. The average molecular weight is 554 g/mol. The van der Waals surface area contributed by atoms with Crippen molar-refractivity contribution in [1.29, 1.82) is 0 Å². The first-order valence-electron chi connectivity index (χ1n) is 12.9. The fraction of sp³-hybridized carbons (Fsp3) is 0.310.